The quantitative estimate of drug-likeness (QED) is 0.421. The second kappa shape index (κ2) is 10.1. The molecule has 0 aliphatic rings. The number of halogens is 1. The summed E-state index contributed by atoms with van der Waals surface area (Å²) in [4.78, 5) is 8.19. The molecule has 3 nitrogen and oxygen atoms in total. The lowest BCUT2D eigenvalue weighted by molar-refractivity contribution is 0.215. The molecule has 27 heavy (non-hydrogen) atoms. The first-order valence-electron chi connectivity index (χ1n) is 9.60. The van der Waals surface area contributed by atoms with Crippen molar-refractivity contribution in [2.45, 2.75) is 36.5 Å². The highest BCUT2D eigenvalue weighted by molar-refractivity contribution is 7.99. The number of hydrogen-bond donors (Lipinski definition) is 1. The Morgan fingerprint density at radius 2 is 1.89 bits per heavy atom. The molecular weight excluding hydrogens is 376 g/mol. The first-order valence-corrected chi connectivity index (χ1v) is 10.8. The fraction of sp³-hybridized carbons (Fsp3) is 0.364. The number of hydrogen-bond acceptors (Lipinski definition) is 3. The molecule has 0 atom stereocenters. The SMILES string of the molecule is CCCCN(CC)CCOc1cccc2c(Sc3ccc(Cl)cc3)c[nH]c12. The molecule has 1 heterocycles. The van der Waals surface area contributed by atoms with Crippen molar-refractivity contribution in [2.75, 3.05) is 26.2 Å². The molecule has 0 aliphatic heterocycles. The van der Waals surface area contributed by atoms with Crippen LogP contribution in [0.3, 0.4) is 0 Å². The zero-order chi connectivity index (χ0) is 19.1. The third kappa shape index (κ3) is 5.44. The average molecular weight is 403 g/mol. The average Bonchev–Trinajstić information content (AvgIpc) is 3.10. The second-order valence-electron chi connectivity index (χ2n) is 6.52. The first kappa shape index (κ1) is 20.1. The van der Waals surface area contributed by atoms with Gasteiger partial charge in [-0.05, 0) is 49.8 Å². The standard InChI is InChI=1S/C22H27ClN2OS/c1-3-5-13-25(4-2)14-15-26-20-8-6-7-19-21(16-24-22(19)20)27-18-11-9-17(23)10-12-18/h6-12,16,24H,3-5,13-15H2,1-2H3. The van der Waals surface area contributed by atoms with Crippen LogP contribution < -0.4 is 4.74 Å². The van der Waals surface area contributed by atoms with Crippen LogP contribution in [-0.4, -0.2) is 36.1 Å². The van der Waals surface area contributed by atoms with Gasteiger partial charge in [0, 0.05) is 32.9 Å². The first-order chi connectivity index (χ1) is 13.2. The number of likely N-dealkylation sites (N-methyl/N-ethyl adjacent to an activating group) is 1. The van der Waals surface area contributed by atoms with Crippen molar-refractivity contribution >= 4 is 34.3 Å². The Kier molecular flexibility index (Phi) is 7.50. The van der Waals surface area contributed by atoms with Gasteiger partial charge >= 0.3 is 0 Å². The predicted octanol–water partition coefficient (Wildman–Crippen LogP) is 6.47. The third-order valence-corrected chi connectivity index (χ3v) is 5.94. The van der Waals surface area contributed by atoms with Gasteiger partial charge in [-0.1, -0.05) is 55.8 Å². The summed E-state index contributed by atoms with van der Waals surface area (Å²) in [6, 6.07) is 14.2. The van der Waals surface area contributed by atoms with E-state index >= 15 is 0 Å². The topological polar surface area (TPSA) is 28.3 Å². The number of fused-ring (bicyclic) bond motifs is 1. The number of nitrogens with one attached hydrogen (secondary N) is 1. The number of para-hydroxylation sites is 1. The molecule has 2 aromatic carbocycles. The molecule has 5 heteroatoms. The van der Waals surface area contributed by atoms with Crippen molar-refractivity contribution in [2.24, 2.45) is 0 Å². The fourth-order valence-corrected chi connectivity index (χ4v) is 4.08. The van der Waals surface area contributed by atoms with Crippen LogP contribution in [0, 0.1) is 0 Å². The van der Waals surface area contributed by atoms with Gasteiger partial charge in [0.25, 0.3) is 0 Å². The summed E-state index contributed by atoms with van der Waals surface area (Å²) in [6.45, 7) is 8.32. The molecule has 0 fully saturated rings. The molecule has 0 amide bonds. The Bertz CT molecular complexity index is 847. The van der Waals surface area contributed by atoms with Crippen molar-refractivity contribution in [3.8, 4) is 5.75 Å². The largest absolute Gasteiger partial charge is 0.490 e. The molecule has 0 spiro atoms. The maximum atomic E-state index is 6.11. The molecule has 1 N–H and O–H groups in total. The van der Waals surface area contributed by atoms with E-state index in [0.717, 1.165) is 35.9 Å². The van der Waals surface area contributed by atoms with E-state index in [2.05, 4.69) is 42.1 Å². The summed E-state index contributed by atoms with van der Waals surface area (Å²) >= 11 is 7.71. The number of benzene rings is 2. The minimum Gasteiger partial charge on any atom is -0.490 e. The number of H-pyrrole nitrogens is 1. The molecule has 3 rings (SSSR count). The Balaban J connectivity index is 1.67. The summed E-state index contributed by atoms with van der Waals surface area (Å²) in [5.74, 6) is 0.919. The maximum absolute atomic E-state index is 6.11. The highest BCUT2D eigenvalue weighted by atomic mass is 35.5. The minimum atomic E-state index is 0.704. The summed E-state index contributed by atoms with van der Waals surface area (Å²) in [5, 5.41) is 1.94. The Labute approximate surface area is 171 Å². The van der Waals surface area contributed by atoms with Crippen molar-refractivity contribution in [1.29, 1.82) is 0 Å². The molecule has 0 aliphatic carbocycles. The molecule has 0 bridgehead atoms. The van der Waals surface area contributed by atoms with Gasteiger partial charge in [-0.15, -0.1) is 0 Å². The van der Waals surface area contributed by atoms with Gasteiger partial charge < -0.3 is 14.6 Å². The smallest absolute Gasteiger partial charge is 0.143 e. The van der Waals surface area contributed by atoms with Crippen LogP contribution in [0.5, 0.6) is 5.75 Å². The summed E-state index contributed by atoms with van der Waals surface area (Å²) in [6.07, 6.45) is 4.52. The number of rotatable bonds is 10. The molecule has 0 saturated heterocycles. The van der Waals surface area contributed by atoms with Crippen LogP contribution in [0.2, 0.25) is 5.02 Å². The van der Waals surface area contributed by atoms with Gasteiger partial charge in [-0.25, -0.2) is 0 Å². The van der Waals surface area contributed by atoms with Gasteiger partial charge in [-0.2, -0.15) is 0 Å². The van der Waals surface area contributed by atoms with Gasteiger partial charge in [0.05, 0.1) is 5.52 Å². The Morgan fingerprint density at radius 3 is 2.63 bits per heavy atom. The van der Waals surface area contributed by atoms with Gasteiger partial charge in [0.15, 0.2) is 0 Å². The van der Waals surface area contributed by atoms with Gasteiger partial charge in [0.1, 0.15) is 12.4 Å². The van der Waals surface area contributed by atoms with Crippen LogP contribution in [0.4, 0.5) is 0 Å². The summed E-state index contributed by atoms with van der Waals surface area (Å²) in [7, 11) is 0. The monoisotopic (exact) mass is 402 g/mol. The number of nitrogens with zero attached hydrogens (tertiary/aromatic N) is 1. The van der Waals surface area contributed by atoms with Crippen molar-refractivity contribution in [1.82, 2.24) is 9.88 Å². The zero-order valence-electron chi connectivity index (χ0n) is 16.0. The highest BCUT2D eigenvalue weighted by Gasteiger charge is 2.10. The number of unbranched alkanes of at least 4 members (excludes halogenated alkanes) is 1. The normalized spacial score (nSPS) is 11.4. The van der Waals surface area contributed by atoms with E-state index in [1.165, 1.54) is 28.0 Å². The van der Waals surface area contributed by atoms with Crippen LogP contribution in [0.25, 0.3) is 10.9 Å². The van der Waals surface area contributed by atoms with E-state index in [9.17, 15) is 0 Å². The second-order valence-corrected chi connectivity index (χ2v) is 8.08. The number of aromatic amines is 1. The van der Waals surface area contributed by atoms with E-state index < -0.39 is 0 Å². The molecule has 0 radical (unpaired) electrons. The lowest BCUT2D eigenvalue weighted by Gasteiger charge is -2.20. The summed E-state index contributed by atoms with van der Waals surface area (Å²) in [5.41, 5.74) is 1.06. The van der Waals surface area contributed by atoms with Crippen LogP contribution in [0.15, 0.2) is 58.5 Å². The van der Waals surface area contributed by atoms with Crippen LogP contribution in [-0.2, 0) is 0 Å². The third-order valence-electron chi connectivity index (χ3n) is 4.62. The van der Waals surface area contributed by atoms with Crippen molar-refractivity contribution in [3.05, 3.63) is 53.7 Å². The lowest BCUT2D eigenvalue weighted by atomic mass is 10.2. The van der Waals surface area contributed by atoms with Crippen molar-refractivity contribution < 1.29 is 4.74 Å². The number of aromatic nitrogens is 1. The van der Waals surface area contributed by atoms with E-state index in [1.54, 1.807) is 11.8 Å². The van der Waals surface area contributed by atoms with Crippen LogP contribution >= 0.6 is 23.4 Å². The molecule has 0 saturated carbocycles. The Hall–Kier alpha value is -1.62. The Morgan fingerprint density at radius 1 is 1.07 bits per heavy atom. The minimum absolute atomic E-state index is 0.704. The molecule has 0 unspecified atom stereocenters. The van der Waals surface area contributed by atoms with Crippen molar-refractivity contribution in [3.63, 3.8) is 0 Å². The zero-order valence-corrected chi connectivity index (χ0v) is 17.6. The van der Waals surface area contributed by atoms with E-state index in [4.69, 9.17) is 16.3 Å². The molecular formula is C22H27ClN2OS. The molecule has 3 aromatic rings. The molecule has 144 valence electrons. The van der Waals surface area contributed by atoms with Gasteiger partial charge in [0.2, 0.25) is 0 Å². The van der Waals surface area contributed by atoms with E-state index in [-0.39, 0.29) is 0 Å². The predicted molar refractivity (Wildman–Crippen MR) is 116 cm³/mol. The fourth-order valence-electron chi connectivity index (χ4n) is 3.03. The maximum Gasteiger partial charge on any atom is 0.143 e. The van der Waals surface area contributed by atoms with Gasteiger partial charge in [-0.3, -0.25) is 0 Å². The van der Waals surface area contributed by atoms with E-state index in [1.807, 2.05) is 30.3 Å². The van der Waals surface area contributed by atoms with Crippen LogP contribution in [0.1, 0.15) is 26.7 Å². The summed E-state index contributed by atoms with van der Waals surface area (Å²) < 4.78 is 6.11. The number of ether oxygens (including phenoxy) is 1. The van der Waals surface area contributed by atoms with E-state index in [0.29, 0.717) is 6.61 Å². The highest BCUT2D eigenvalue weighted by Crippen LogP contribution is 2.36. The lowest BCUT2D eigenvalue weighted by Crippen LogP contribution is -2.29. The molecule has 1 aromatic heterocycles.